The predicted octanol–water partition coefficient (Wildman–Crippen LogP) is 4.68. The van der Waals surface area contributed by atoms with Gasteiger partial charge in [0, 0.05) is 32.7 Å². The van der Waals surface area contributed by atoms with Crippen LogP contribution in [0.2, 0.25) is 0 Å². The maximum atomic E-state index is 13.6. The van der Waals surface area contributed by atoms with Crippen LogP contribution in [0.15, 0.2) is 70.5 Å². The fraction of sp³-hybridized carbons (Fsp3) is 0.517. The first-order valence-corrected chi connectivity index (χ1v) is 16.3. The molecule has 1 heterocycles. The summed E-state index contributed by atoms with van der Waals surface area (Å²) in [5, 5.41) is 0. The van der Waals surface area contributed by atoms with E-state index in [-0.39, 0.29) is 22.9 Å². The van der Waals surface area contributed by atoms with Crippen molar-refractivity contribution in [3.05, 3.63) is 71.8 Å². The van der Waals surface area contributed by atoms with Crippen molar-refractivity contribution in [2.45, 2.75) is 56.7 Å². The van der Waals surface area contributed by atoms with E-state index in [1.54, 1.807) is 48.5 Å². The lowest BCUT2D eigenvalue weighted by molar-refractivity contribution is 0.215. The molecular weight excluding hydrogens is 518 g/mol. The van der Waals surface area contributed by atoms with E-state index in [4.69, 9.17) is 0 Å². The molecule has 0 spiro atoms. The van der Waals surface area contributed by atoms with E-state index < -0.39 is 20.0 Å². The molecule has 7 nitrogen and oxygen atoms in total. The zero-order valence-electron chi connectivity index (χ0n) is 23.3. The van der Waals surface area contributed by atoms with Crippen LogP contribution >= 0.6 is 0 Å². The summed E-state index contributed by atoms with van der Waals surface area (Å²) in [6.07, 6.45) is 2.44. The van der Waals surface area contributed by atoms with Crippen LogP contribution in [-0.4, -0.2) is 76.2 Å². The Hall–Kier alpha value is -2.04. The zero-order chi connectivity index (χ0) is 27.9. The molecule has 1 saturated heterocycles. The summed E-state index contributed by atoms with van der Waals surface area (Å²) in [7, 11) is -7.54. The number of benzene rings is 2. The number of rotatable bonds is 7. The quantitative estimate of drug-likeness (QED) is 0.459. The first kappa shape index (κ1) is 30.5. The Balaban J connectivity index is 1.92. The SMILES string of the molecule is C=C1CN(S(=O)(=O)c2ccc(C)cc2)CCCN(CC(C)CC)CCCN(S(=O)(=O)c2ccc(C)cc2)C1. The van der Waals surface area contributed by atoms with Gasteiger partial charge in [-0.2, -0.15) is 8.61 Å². The fourth-order valence-corrected chi connectivity index (χ4v) is 7.64. The minimum Gasteiger partial charge on any atom is -0.303 e. The van der Waals surface area contributed by atoms with Gasteiger partial charge in [0.05, 0.1) is 9.79 Å². The monoisotopic (exact) mass is 561 g/mol. The van der Waals surface area contributed by atoms with E-state index in [0.29, 0.717) is 37.4 Å². The number of hydrogen-bond donors (Lipinski definition) is 0. The van der Waals surface area contributed by atoms with Crippen LogP contribution in [0.3, 0.4) is 0 Å². The zero-order valence-corrected chi connectivity index (χ0v) is 24.9. The Morgan fingerprint density at radius 2 is 1.13 bits per heavy atom. The maximum absolute atomic E-state index is 13.6. The molecule has 38 heavy (non-hydrogen) atoms. The second-order valence-electron chi connectivity index (χ2n) is 10.6. The molecule has 1 unspecified atom stereocenters. The summed E-state index contributed by atoms with van der Waals surface area (Å²) < 4.78 is 57.5. The lowest BCUT2D eigenvalue weighted by Crippen LogP contribution is -2.42. The third-order valence-electron chi connectivity index (χ3n) is 7.15. The molecule has 2 aromatic rings. The first-order valence-electron chi connectivity index (χ1n) is 13.5. The lowest BCUT2D eigenvalue weighted by Gasteiger charge is -2.31. The van der Waals surface area contributed by atoms with Crippen LogP contribution in [0, 0.1) is 19.8 Å². The summed E-state index contributed by atoms with van der Waals surface area (Å²) in [6.45, 7) is 15.6. The molecule has 9 heteroatoms. The van der Waals surface area contributed by atoms with Gasteiger partial charge in [0.25, 0.3) is 0 Å². The lowest BCUT2D eigenvalue weighted by atomic mass is 10.1. The molecule has 3 rings (SSSR count). The van der Waals surface area contributed by atoms with Gasteiger partial charge in [-0.05, 0) is 75.5 Å². The van der Waals surface area contributed by atoms with E-state index >= 15 is 0 Å². The topological polar surface area (TPSA) is 78.0 Å². The standard InChI is InChI=1S/C29H43N3O4S2/c1-6-24(2)21-30-17-7-19-31(37(33,34)28-13-9-25(3)10-14-28)22-27(5)23-32(20-8-18-30)38(35,36)29-15-11-26(4)12-16-29/h9-16,24H,5-8,17-23H2,1-4H3. The Morgan fingerprint density at radius 3 is 1.50 bits per heavy atom. The molecule has 1 aliphatic rings. The summed E-state index contributed by atoms with van der Waals surface area (Å²) in [5.74, 6) is 0.502. The van der Waals surface area contributed by atoms with Gasteiger partial charge in [-0.1, -0.05) is 62.2 Å². The molecule has 1 fully saturated rings. The number of nitrogens with zero attached hydrogens (tertiary/aromatic N) is 3. The Morgan fingerprint density at radius 1 is 0.737 bits per heavy atom. The van der Waals surface area contributed by atoms with E-state index in [9.17, 15) is 16.8 Å². The molecule has 210 valence electrons. The Labute approximate surface area is 230 Å². The normalized spacial score (nSPS) is 19.0. The molecule has 1 aliphatic heterocycles. The molecule has 0 saturated carbocycles. The van der Waals surface area contributed by atoms with E-state index in [1.165, 1.54) is 8.61 Å². The van der Waals surface area contributed by atoms with Crippen molar-refractivity contribution in [2.75, 3.05) is 45.8 Å². The molecule has 2 aromatic carbocycles. The molecule has 0 N–H and O–H groups in total. The van der Waals surface area contributed by atoms with Crippen molar-refractivity contribution >= 4 is 20.0 Å². The van der Waals surface area contributed by atoms with E-state index in [2.05, 4.69) is 25.3 Å². The molecule has 0 radical (unpaired) electrons. The molecule has 0 aromatic heterocycles. The summed E-state index contributed by atoms with van der Waals surface area (Å²) >= 11 is 0. The molecule has 1 atom stereocenters. The Kier molecular flexibility index (Phi) is 10.7. The minimum absolute atomic E-state index is 0.0709. The summed E-state index contributed by atoms with van der Waals surface area (Å²) in [5.41, 5.74) is 2.52. The molecule has 0 bridgehead atoms. The molecule has 0 aliphatic carbocycles. The average molecular weight is 562 g/mol. The second-order valence-corrected chi connectivity index (χ2v) is 14.5. The third kappa shape index (κ3) is 7.99. The highest BCUT2D eigenvalue weighted by molar-refractivity contribution is 7.89. The van der Waals surface area contributed by atoms with Gasteiger partial charge in [0.15, 0.2) is 0 Å². The van der Waals surface area contributed by atoms with Crippen LogP contribution in [0.25, 0.3) is 0 Å². The van der Waals surface area contributed by atoms with Crippen molar-refractivity contribution in [1.29, 1.82) is 0 Å². The van der Waals surface area contributed by atoms with Crippen molar-refractivity contribution in [3.8, 4) is 0 Å². The highest BCUT2D eigenvalue weighted by Gasteiger charge is 2.29. The van der Waals surface area contributed by atoms with Crippen LogP contribution in [0.1, 0.15) is 44.2 Å². The first-order chi connectivity index (χ1) is 17.9. The number of sulfonamides is 2. The predicted molar refractivity (Wildman–Crippen MR) is 154 cm³/mol. The van der Waals surface area contributed by atoms with Gasteiger partial charge in [-0.25, -0.2) is 16.8 Å². The fourth-order valence-electron chi connectivity index (χ4n) is 4.64. The van der Waals surface area contributed by atoms with Gasteiger partial charge in [0.1, 0.15) is 0 Å². The number of hydrogen-bond acceptors (Lipinski definition) is 5. The van der Waals surface area contributed by atoms with Crippen molar-refractivity contribution in [2.24, 2.45) is 5.92 Å². The minimum atomic E-state index is -3.77. The van der Waals surface area contributed by atoms with Crippen LogP contribution in [0.5, 0.6) is 0 Å². The smallest absolute Gasteiger partial charge is 0.243 e. The van der Waals surface area contributed by atoms with Crippen molar-refractivity contribution in [1.82, 2.24) is 13.5 Å². The summed E-state index contributed by atoms with van der Waals surface area (Å²) in [4.78, 5) is 2.82. The van der Waals surface area contributed by atoms with Crippen LogP contribution in [0.4, 0.5) is 0 Å². The highest BCUT2D eigenvalue weighted by atomic mass is 32.2. The van der Waals surface area contributed by atoms with Crippen molar-refractivity contribution < 1.29 is 16.8 Å². The largest absolute Gasteiger partial charge is 0.303 e. The van der Waals surface area contributed by atoms with Gasteiger partial charge < -0.3 is 4.90 Å². The van der Waals surface area contributed by atoms with Gasteiger partial charge in [-0.15, -0.1) is 0 Å². The maximum Gasteiger partial charge on any atom is 0.243 e. The molecular formula is C29H43N3O4S2. The summed E-state index contributed by atoms with van der Waals surface area (Å²) in [6, 6.07) is 13.7. The highest BCUT2D eigenvalue weighted by Crippen LogP contribution is 2.22. The number of aryl methyl sites for hydroxylation is 2. The second kappa shape index (κ2) is 13.3. The van der Waals surface area contributed by atoms with Gasteiger partial charge in [-0.3, -0.25) is 0 Å². The Bertz CT molecular complexity index is 1180. The van der Waals surface area contributed by atoms with Crippen LogP contribution in [-0.2, 0) is 20.0 Å². The van der Waals surface area contributed by atoms with Crippen molar-refractivity contribution in [3.63, 3.8) is 0 Å². The molecule has 0 amide bonds. The van der Waals surface area contributed by atoms with Gasteiger partial charge in [0.2, 0.25) is 20.0 Å². The van der Waals surface area contributed by atoms with Crippen LogP contribution < -0.4 is 0 Å². The van der Waals surface area contributed by atoms with E-state index in [0.717, 1.165) is 37.2 Å². The van der Waals surface area contributed by atoms with E-state index in [1.807, 2.05) is 13.8 Å². The van der Waals surface area contributed by atoms with Gasteiger partial charge >= 0.3 is 0 Å². The third-order valence-corrected chi connectivity index (χ3v) is 10.9. The average Bonchev–Trinajstić information content (AvgIpc) is 2.86.